The van der Waals surface area contributed by atoms with Crippen LogP contribution in [0.4, 0.5) is 0 Å². The minimum Gasteiger partial charge on any atom is -0.335 e. The first-order valence-electron chi connectivity index (χ1n) is 11.4. The average Bonchev–Trinajstić information content (AvgIpc) is 3.30. The quantitative estimate of drug-likeness (QED) is 0.256. The molecule has 0 bridgehead atoms. The van der Waals surface area contributed by atoms with Crippen molar-refractivity contribution in [3.05, 3.63) is 123 Å². The fourth-order valence-electron chi connectivity index (χ4n) is 4.75. The van der Waals surface area contributed by atoms with E-state index in [0.717, 1.165) is 0 Å². The summed E-state index contributed by atoms with van der Waals surface area (Å²) in [4.78, 5) is 37.3. The number of imidazole rings is 1. The molecule has 2 aromatic heterocycles. The van der Waals surface area contributed by atoms with E-state index in [0.29, 0.717) is 48.9 Å². The Labute approximate surface area is 227 Å². The van der Waals surface area contributed by atoms with E-state index in [1.54, 1.807) is 79.3 Å². The van der Waals surface area contributed by atoms with Gasteiger partial charge < -0.3 is 18.9 Å². The number of phosphoric ester groups is 1. The van der Waals surface area contributed by atoms with E-state index in [2.05, 4.69) is 4.98 Å². The summed E-state index contributed by atoms with van der Waals surface area (Å²) >= 11 is 12.4. The van der Waals surface area contributed by atoms with Gasteiger partial charge in [-0.1, -0.05) is 53.5 Å². The highest BCUT2D eigenvalue weighted by Crippen LogP contribution is 2.52. The Morgan fingerprint density at radius 3 is 2.26 bits per heavy atom. The molecule has 11 heteroatoms. The summed E-state index contributed by atoms with van der Waals surface area (Å²) in [5, 5.41) is 1.60. The maximum atomic E-state index is 12.8. The van der Waals surface area contributed by atoms with Crippen molar-refractivity contribution in [2.75, 3.05) is 0 Å². The molecule has 0 fully saturated rings. The van der Waals surface area contributed by atoms with Crippen LogP contribution in [0.5, 0.6) is 0 Å². The molecular weight excluding hydrogens is 548 g/mol. The van der Waals surface area contributed by atoms with E-state index in [4.69, 9.17) is 27.7 Å². The molecule has 0 spiro atoms. The molecule has 0 aliphatic carbocycles. The van der Waals surface area contributed by atoms with Gasteiger partial charge in [0.15, 0.2) is 5.60 Å². The zero-order chi connectivity index (χ0) is 27.2. The number of phosphoric acid groups is 1. The Morgan fingerprint density at radius 2 is 1.63 bits per heavy atom. The molecule has 3 aromatic carbocycles. The lowest BCUT2D eigenvalue weighted by Gasteiger charge is -2.35. The van der Waals surface area contributed by atoms with Crippen LogP contribution in [-0.4, -0.2) is 23.9 Å². The number of aryl methyl sites for hydroxylation is 2. The van der Waals surface area contributed by atoms with Gasteiger partial charge in [0.25, 0.3) is 5.56 Å². The van der Waals surface area contributed by atoms with Crippen molar-refractivity contribution < 1.29 is 18.9 Å². The van der Waals surface area contributed by atoms with Gasteiger partial charge in [0.05, 0.1) is 23.7 Å². The number of halogens is 2. The van der Waals surface area contributed by atoms with Crippen molar-refractivity contribution in [3.8, 4) is 11.1 Å². The highest BCUT2D eigenvalue weighted by Gasteiger charge is 2.45. The Kier molecular flexibility index (Phi) is 6.82. The second kappa shape index (κ2) is 9.82. The summed E-state index contributed by atoms with van der Waals surface area (Å²) in [6, 6.07) is 20.3. The summed E-state index contributed by atoms with van der Waals surface area (Å²) in [6.45, 7) is 0. The fourth-order valence-corrected chi connectivity index (χ4v) is 5.73. The Bertz CT molecular complexity index is 1780. The van der Waals surface area contributed by atoms with Gasteiger partial charge in [0.1, 0.15) is 0 Å². The van der Waals surface area contributed by atoms with Gasteiger partial charge in [-0.2, -0.15) is 0 Å². The van der Waals surface area contributed by atoms with Gasteiger partial charge in [-0.05, 0) is 58.7 Å². The van der Waals surface area contributed by atoms with Crippen LogP contribution in [0.2, 0.25) is 10.0 Å². The second-order valence-electron chi connectivity index (χ2n) is 8.86. The van der Waals surface area contributed by atoms with Crippen molar-refractivity contribution in [1.29, 1.82) is 0 Å². The predicted molar refractivity (Wildman–Crippen MR) is 147 cm³/mol. The summed E-state index contributed by atoms with van der Waals surface area (Å²) < 4.78 is 21.4. The number of nitrogens with zero attached hydrogens (tertiary/aromatic N) is 3. The predicted octanol–water partition coefficient (Wildman–Crippen LogP) is 5.65. The second-order valence-corrected chi connectivity index (χ2v) is 10.9. The monoisotopic (exact) mass is 569 g/mol. The molecule has 5 rings (SSSR count). The van der Waals surface area contributed by atoms with E-state index < -0.39 is 13.4 Å². The molecule has 0 unspecified atom stereocenters. The SMILES string of the molecule is Cn1cncc1[C@@](OP(=O)(O)O)(c1ccc(Cl)cc1)c1ccc2c(c1)c(-c1cccc(Cl)c1)cc(=O)n2C. The Morgan fingerprint density at radius 1 is 0.921 bits per heavy atom. The Hall–Kier alpha value is -3.23. The van der Waals surface area contributed by atoms with E-state index in [1.165, 1.54) is 23.2 Å². The third-order valence-corrected chi connectivity index (χ3v) is 7.47. The molecule has 5 aromatic rings. The molecule has 0 amide bonds. The standard InChI is InChI=1S/C27H22Cl2N3O5P/c1-31-16-30-15-25(31)27(37-38(34,35)36,18-6-9-20(28)10-7-18)19-8-11-24-23(13-19)22(14-26(33)32(24)2)17-4-3-5-21(29)12-17/h3-16H,1-2H3,(H2,34,35,36)/t27-/m1/s1. The molecule has 0 saturated heterocycles. The number of fused-ring (bicyclic) bond motifs is 1. The van der Waals surface area contributed by atoms with Crippen molar-refractivity contribution in [2.45, 2.75) is 5.60 Å². The molecule has 0 saturated carbocycles. The molecule has 38 heavy (non-hydrogen) atoms. The molecule has 8 nitrogen and oxygen atoms in total. The lowest BCUT2D eigenvalue weighted by Crippen LogP contribution is -2.34. The zero-order valence-electron chi connectivity index (χ0n) is 20.2. The van der Waals surface area contributed by atoms with Crippen LogP contribution in [0.15, 0.2) is 90.1 Å². The van der Waals surface area contributed by atoms with Crippen LogP contribution in [0, 0.1) is 0 Å². The normalized spacial score (nSPS) is 13.5. The van der Waals surface area contributed by atoms with Gasteiger partial charge in [-0.25, -0.2) is 9.55 Å². The molecule has 194 valence electrons. The van der Waals surface area contributed by atoms with Gasteiger partial charge in [0, 0.05) is 35.6 Å². The van der Waals surface area contributed by atoms with Crippen LogP contribution in [0.1, 0.15) is 16.8 Å². The average molecular weight is 570 g/mol. The maximum Gasteiger partial charge on any atom is 0.471 e. The maximum absolute atomic E-state index is 12.8. The topological polar surface area (TPSA) is 107 Å². The number of benzene rings is 3. The summed E-state index contributed by atoms with van der Waals surface area (Å²) in [5.41, 5.74) is 1.12. The van der Waals surface area contributed by atoms with E-state index in [-0.39, 0.29) is 5.56 Å². The van der Waals surface area contributed by atoms with Gasteiger partial charge in [-0.3, -0.25) is 9.32 Å². The van der Waals surface area contributed by atoms with Crippen LogP contribution in [-0.2, 0) is 28.8 Å². The largest absolute Gasteiger partial charge is 0.471 e. The number of hydrogen-bond donors (Lipinski definition) is 2. The molecule has 0 aliphatic heterocycles. The summed E-state index contributed by atoms with van der Waals surface area (Å²) in [6.07, 6.45) is 3.01. The van der Waals surface area contributed by atoms with E-state index in [1.807, 2.05) is 6.07 Å². The van der Waals surface area contributed by atoms with Crippen LogP contribution in [0.3, 0.4) is 0 Å². The fraction of sp³-hybridized carbons (Fsp3) is 0.111. The van der Waals surface area contributed by atoms with Crippen molar-refractivity contribution >= 4 is 41.9 Å². The molecular formula is C27H22Cl2N3O5P. The number of pyridine rings is 1. The lowest BCUT2D eigenvalue weighted by atomic mass is 9.82. The lowest BCUT2D eigenvalue weighted by molar-refractivity contribution is 0.0920. The van der Waals surface area contributed by atoms with Gasteiger partial charge in [0.2, 0.25) is 0 Å². The first kappa shape index (κ1) is 26.4. The van der Waals surface area contributed by atoms with Crippen molar-refractivity contribution in [3.63, 3.8) is 0 Å². The van der Waals surface area contributed by atoms with Crippen molar-refractivity contribution in [1.82, 2.24) is 14.1 Å². The minimum absolute atomic E-state index is 0.220. The highest BCUT2D eigenvalue weighted by atomic mass is 35.5. The Balaban J connectivity index is 1.91. The molecule has 0 aliphatic rings. The third-order valence-electron chi connectivity index (χ3n) is 6.47. The number of aromatic nitrogens is 3. The molecule has 0 radical (unpaired) electrons. The van der Waals surface area contributed by atoms with E-state index in [9.17, 15) is 19.1 Å². The first-order chi connectivity index (χ1) is 18.0. The third kappa shape index (κ3) is 4.71. The summed E-state index contributed by atoms with van der Waals surface area (Å²) in [5.74, 6) is 0. The summed E-state index contributed by atoms with van der Waals surface area (Å²) in [7, 11) is -1.73. The van der Waals surface area contributed by atoms with Crippen LogP contribution >= 0.6 is 31.0 Å². The number of hydrogen-bond acceptors (Lipinski definition) is 4. The van der Waals surface area contributed by atoms with Crippen LogP contribution < -0.4 is 5.56 Å². The van der Waals surface area contributed by atoms with Gasteiger partial charge >= 0.3 is 7.82 Å². The molecule has 2 N–H and O–H groups in total. The van der Waals surface area contributed by atoms with Crippen molar-refractivity contribution in [2.24, 2.45) is 14.1 Å². The minimum atomic E-state index is -5.09. The highest BCUT2D eigenvalue weighted by molar-refractivity contribution is 7.46. The first-order valence-corrected chi connectivity index (χ1v) is 13.7. The zero-order valence-corrected chi connectivity index (χ0v) is 22.7. The smallest absolute Gasteiger partial charge is 0.335 e. The van der Waals surface area contributed by atoms with Gasteiger partial charge in [-0.15, -0.1) is 0 Å². The number of rotatable bonds is 6. The molecule has 1 atom stereocenters. The van der Waals surface area contributed by atoms with E-state index >= 15 is 0 Å². The molecule has 2 heterocycles. The van der Waals surface area contributed by atoms with Crippen LogP contribution in [0.25, 0.3) is 22.0 Å².